The number of pyridine rings is 1. The summed E-state index contributed by atoms with van der Waals surface area (Å²) in [6.07, 6.45) is 5.95. The Labute approximate surface area is 129 Å². The lowest BCUT2D eigenvalue weighted by Gasteiger charge is -2.27. The molecule has 1 aliphatic heterocycles. The van der Waals surface area contributed by atoms with E-state index in [1.807, 2.05) is 12.1 Å². The van der Waals surface area contributed by atoms with Crippen LogP contribution < -0.4 is 10.1 Å². The maximum absolute atomic E-state index is 6.36. The number of rotatable bonds is 2. The van der Waals surface area contributed by atoms with Crippen molar-refractivity contribution in [1.82, 2.24) is 10.3 Å². The smallest absolute Gasteiger partial charge is 0.129 e. The molecule has 110 valence electrons. The van der Waals surface area contributed by atoms with Crippen LogP contribution in [0.4, 0.5) is 0 Å². The second-order valence-electron chi connectivity index (χ2n) is 5.96. The molecule has 1 aromatic heterocycles. The van der Waals surface area contributed by atoms with E-state index in [1.165, 1.54) is 17.7 Å². The number of hydrogen-bond donors (Lipinski definition) is 1. The fraction of sp³-hybridized carbons (Fsp3) is 0.471. The van der Waals surface area contributed by atoms with Gasteiger partial charge in [0, 0.05) is 24.0 Å². The van der Waals surface area contributed by atoms with E-state index in [0.29, 0.717) is 11.1 Å². The highest BCUT2D eigenvalue weighted by Gasteiger charge is 2.21. The van der Waals surface area contributed by atoms with Crippen molar-refractivity contribution in [2.24, 2.45) is 0 Å². The van der Waals surface area contributed by atoms with E-state index in [0.717, 1.165) is 55.4 Å². The minimum atomic E-state index is 0.370. The van der Waals surface area contributed by atoms with Crippen LogP contribution >= 0.6 is 11.6 Å². The summed E-state index contributed by atoms with van der Waals surface area (Å²) in [6, 6.07) is 6.14. The topological polar surface area (TPSA) is 34.1 Å². The molecule has 0 radical (unpaired) electrons. The third-order valence-corrected chi connectivity index (χ3v) is 4.82. The Morgan fingerprint density at radius 3 is 2.86 bits per heavy atom. The molecule has 21 heavy (non-hydrogen) atoms. The van der Waals surface area contributed by atoms with Crippen LogP contribution in [0.5, 0.6) is 5.75 Å². The molecule has 2 aliphatic rings. The lowest BCUT2D eigenvalue weighted by atomic mass is 9.96. The normalized spacial score (nSPS) is 18.9. The molecule has 3 nitrogen and oxygen atoms in total. The third kappa shape index (κ3) is 2.49. The first kappa shape index (κ1) is 13.4. The molecule has 1 saturated carbocycles. The minimum absolute atomic E-state index is 0.370. The highest BCUT2D eigenvalue weighted by molar-refractivity contribution is 6.35. The molecule has 2 aromatic rings. The first-order chi connectivity index (χ1) is 10.3. The summed E-state index contributed by atoms with van der Waals surface area (Å²) >= 11 is 6.36. The largest absolute Gasteiger partial charge is 0.490 e. The van der Waals surface area contributed by atoms with E-state index in [-0.39, 0.29) is 0 Å². The van der Waals surface area contributed by atoms with Gasteiger partial charge in [-0.2, -0.15) is 0 Å². The molecular weight excluding hydrogens is 284 g/mol. The molecule has 1 aromatic carbocycles. The Hall–Kier alpha value is -1.32. The summed E-state index contributed by atoms with van der Waals surface area (Å²) in [5, 5.41) is 5.20. The molecule has 1 aliphatic carbocycles. The minimum Gasteiger partial charge on any atom is -0.490 e. The first-order valence-corrected chi connectivity index (χ1v) is 8.17. The van der Waals surface area contributed by atoms with Gasteiger partial charge in [-0.3, -0.25) is 4.98 Å². The first-order valence-electron chi connectivity index (χ1n) is 7.79. The van der Waals surface area contributed by atoms with Crippen LogP contribution in [0.1, 0.15) is 30.5 Å². The number of nitrogens with zero attached hydrogens (tertiary/aromatic N) is 1. The van der Waals surface area contributed by atoms with Crippen LogP contribution in [0.2, 0.25) is 5.02 Å². The van der Waals surface area contributed by atoms with Crippen LogP contribution in [0, 0.1) is 0 Å². The summed E-state index contributed by atoms with van der Waals surface area (Å²) in [5.41, 5.74) is 3.39. The number of ether oxygens (including phenoxy) is 1. The van der Waals surface area contributed by atoms with Crippen LogP contribution in [-0.4, -0.2) is 24.2 Å². The van der Waals surface area contributed by atoms with Gasteiger partial charge in [0.15, 0.2) is 0 Å². The molecule has 4 rings (SSSR count). The van der Waals surface area contributed by atoms with Crippen LogP contribution in [-0.2, 0) is 12.8 Å². The van der Waals surface area contributed by atoms with Crippen LogP contribution in [0.15, 0.2) is 18.2 Å². The van der Waals surface area contributed by atoms with Crippen molar-refractivity contribution >= 4 is 22.5 Å². The van der Waals surface area contributed by atoms with Gasteiger partial charge in [0.2, 0.25) is 0 Å². The van der Waals surface area contributed by atoms with Crippen molar-refractivity contribution < 1.29 is 4.74 Å². The van der Waals surface area contributed by atoms with Gasteiger partial charge >= 0.3 is 0 Å². The zero-order valence-corrected chi connectivity index (χ0v) is 12.7. The fourth-order valence-corrected chi connectivity index (χ4v) is 3.25. The average Bonchev–Trinajstić information content (AvgIpc) is 2.68. The summed E-state index contributed by atoms with van der Waals surface area (Å²) in [4.78, 5) is 4.84. The zero-order chi connectivity index (χ0) is 14.2. The molecular formula is C17H19ClN2O. The average molecular weight is 303 g/mol. The second-order valence-corrected chi connectivity index (χ2v) is 6.36. The van der Waals surface area contributed by atoms with Crippen molar-refractivity contribution in [3.05, 3.63) is 34.5 Å². The molecule has 2 heterocycles. The molecule has 4 heteroatoms. The van der Waals surface area contributed by atoms with Gasteiger partial charge in [-0.05, 0) is 56.0 Å². The molecule has 0 amide bonds. The van der Waals surface area contributed by atoms with Crippen molar-refractivity contribution in [2.45, 2.75) is 38.2 Å². The van der Waals surface area contributed by atoms with Crippen LogP contribution in [0.25, 0.3) is 10.9 Å². The fourth-order valence-electron chi connectivity index (χ4n) is 3.04. The van der Waals surface area contributed by atoms with Crippen molar-refractivity contribution in [2.75, 3.05) is 13.1 Å². The van der Waals surface area contributed by atoms with Gasteiger partial charge in [0.05, 0.1) is 16.6 Å². The number of aromatic nitrogens is 1. The van der Waals surface area contributed by atoms with Gasteiger partial charge in [0.25, 0.3) is 0 Å². The van der Waals surface area contributed by atoms with Crippen molar-refractivity contribution in [3.8, 4) is 5.75 Å². The predicted molar refractivity (Wildman–Crippen MR) is 85.3 cm³/mol. The molecule has 0 unspecified atom stereocenters. The standard InChI is InChI=1S/C17H19ClN2O/c18-14-4-5-16(21-12-2-1-3-12)13-10-11-6-8-19-9-7-15(11)20-17(13)14/h4-5,10,12,19H,1-3,6-9H2. The summed E-state index contributed by atoms with van der Waals surface area (Å²) in [7, 11) is 0. The molecule has 0 atom stereocenters. The summed E-state index contributed by atoms with van der Waals surface area (Å²) in [5.74, 6) is 0.937. The van der Waals surface area contributed by atoms with Crippen molar-refractivity contribution in [1.29, 1.82) is 0 Å². The quantitative estimate of drug-likeness (QED) is 0.922. The maximum Gasteiger partial charge on any atom is 0.129 e. The van der Waals surface area contributed by atoms with Gasteiger partial charge in [-0.25, -0.2) is 0 Å². The zero-order valence-electron chi connectivity index (χ0n) is 12.0. The second kappa shape index (κ2) is 5.47. The number of benzene rings is 1. The van der Waals surface area contributed by atoms with E-state index >= 15 is 0 Å². The summed E-state index contributed by atoms with van der Waals surface area (Å²) in [6.45, 7) is 2.00. The van der Waals surface area contributed by atoms with E-state index in [2.05, 4.69) is 11.4 Å². The Balaban J connectivity index is 1.83. The number of nitrogens with one attached hydrogen (secondary N) is 1. The highest BCUT2D eigenvalue weighted by atomic mass is 35.5. The lowest BCUT2D eigenvalue weighted by Crippen LogP contribution is -2.24. The van der Waals surface area contributed by atoms with Crippen LogP contribution in [0.3, 0.4) is 0 Å². The third-order valence-electron chi connectivity index (χ3n) is 4.52. The Morgan fingerprint density at radius 1 is 1.19 bits per heavy atom. The van der Waals surface area contributed by atoms with Gasteiger partial charge in [0.1, 0.15) is 5.75 Å². The molecule has 1 fully saturated rings. The molecule has 1 N–H and O–H groups in total. The SMILES string of the molecule is Clc1ccc(OC2CCC2)c2cc3c(nc12)CCNCC3. The van der Waals surface area contributed by atoms with Gasteiger partial charge in [-0.1, -0.05) is 11.6 Å². The predicted octanol–water partition coefficient (Wildman–Crippen LogP) is 3.51. The number of halogens is 1. The summed E-state index contributed by atoms with van der Waals surface area (Å²) < 4.78 is 6.13. The molecule has 0 bridgehead atoms. The Bertz CT molecular complexity index is 682. The number of fused-ring (bicyclic) bond motifs is 2. The molecule has 0 saturated heterocycles. The Kier molecular flexibility index (Phi) is 3.48. The van der Waals surface area contributed by atoms with Gasteiger partial charge < -0.3 is 10.1 Å². The van der Waals surface area contributed by atoms with Crippen molar-refractivity contribution in [3.63, 3.8) is 0 Å². The van der Waals surface area contributed by atoms with E-state index < -0.39 is 0 Å². The van der Waals surface area contributed by atoms with E-state index in [1.54, 1.807) is 0 Å². The molecule has 0 spiro atoms. The van der Waals surface area contributed by atoms with E-state index in [9.17, 15) is 0 Å². The maximum atomic E-state index is 6.36. The Morgan fingerprint density at radius 2 is 2.05 bits per heavy atom. The van der Waals surface area contributed by atoms with Gasteiger partial charge in [-0.15, -0.1) is 0 Å². The van der Waals surface area contributed by atoms with E-state index in [4.69, 9.17) is 21.3 Å². The monoisotopic (exact) mass is 302 g/mol. The lowest BCUT2D eigenvalue weighted by molar-refractivity contribution is 0.122. The number of hydrogen-bond acceptors (Lipinski definition) is 3. The highest BCUT2D eigenvalue weighted by Crippen LogP contribution is 2.35.